The molecule has 0 bridgehead atoms. The van der Waals surface area contributed by atoms with E-state index in [2.05, 4.69) is 26.8 Å². The average Bonchev–Trinajstić information content (AvgIpc) is 1.86. The maximum Gasteiger partial charge on any atom is 1.00 e. The Kier molecular flexibility index (Phi) is 4.49. The van der Waals surface area contributed by atoms with Crippen molar-refractivity contribution < 1.29 is 57.2 Å². The SMILES string of the molecule is S=c1[nH]nco1.[H-].[K+]. The second-order valence-corrected chi connectivity index (χ2v) is 1.12. The van der Waals surface area contributed by atoms with Gasteiger partial charge in [0.2, 0.25) is 6.39 Å². The van der Waals surface area contributed by atoms with Gasteiger partial charge in [-0.1, -0.05) is 0 Å². The van der Waals surface area contributed by atoms with Crippen LogP contribution in [0.25, 0.3) is 0 Å². The average molecular weight is 142 g/mol. The molecule has 0 aliphatic rings. The Morgan fingerprint density at radius 3 is 2.86 bits per heavy atom. The molecular formula is C2H3KN2OS. The quantitative estimate of drug-likeness (QED) is 0.332. The first-order valence-electron chi connectivity index (χ1n) is 1.38. The zero-order valence-corrected chi connectivity index (χ0v) is 7.78. The van der Waals surface area contributed by atoms with Crippen molar-refractivity contribution in [3.05, 3.63) is 11.2 Å². The number of aromatic nitrogens is 2. The summed E-state index contributed by atoms with van der Waals surface area (Å²) in [7, 11) is 0. The van der Waals surface area contributed by atoms with Crippen LogP contribution in [0.1, 0.15) is 1.43 Å². The second-order valence-electron chi connectivity index (χ2n) is 0.752. The van der Waals surface area contributed by atoms with Gasteiger partial charge in [-0.3, -0.25) is 0 Å². The summed E-state index contributed by atoms with van der Waals surface area (Å²) in [4.78, 5) is 0.315. The van der Waals surface area contributed by atoms with Gasteiger partial charge in [0.15, 0.2) is 0 Å². The van der Waals surface area contributed by atoms with Crippen molar-refractivity contribution in [1.82, 2.24) is 10.2 Å². The van der Waals surface area contributed by atoms with Gasteiger partial charge in [-0.05, 0) is 12.2 Å². The zero-order chi connectivity index (χ0) is 4.41. The van der Waals surface area contributed by atoms with Crippen molar-refractivity contribution in [1.29, 1.82) is 0 Å². The van der Waals surface area contributed by atoms with Crippen molar-refractivity contribution in [3.63, 3.8) is 0 Å². The van der Waals surface area contributed by atoms with Gasteiger partial charge < -0.3 is 5.84 Å². The summed E-state index contributed by atoms with van der Waals surface area (Å²) < 4.78 is 4.48. The molecule has 0 radical (unpaired) electrons. The summed E-state index contributed by atoms with van der Waals surface area (Å²) in [5, 5.41) is 5.82. The summed E-state index contributed by atoms with van der Waals surface area (Å²) in [5.41, 5.74) is 0. The van der Waals surface area contributed by atoms with Gasteiger partial charge in [-0.2, -0.15) is 0 Å². The molecule has 0 aromatic carbocycles. The molecule has 0 atom stereocenters. The Bertz CT molecular complexity index is 158. The Labute approximate surface area is 89.4 Å². The fourth-order valence-electron chi connectivity index (χ4n) is 0.180. The van der Waals surface area contributed by atoms with Gasteiger partial charge >= 0.3 is 51.4 Å². The van der Waals surface area contributed by atoms with E-state index in [1.807, 2.05) is 0 Å². The van der Waals surface area contributed by atoms with E-state index in [4.69, 9.17) is 0 Å². The molecule has 0 fully saturated rings. The predicted molar refractivity (Wildman–Crippen MR) is 22.8 cm³/mol. The summed E-state index contributed by atoms with van der Waals surface area (Å²) in [6.07, 6.45) is 1.25. The van der Waals surface area contributed by atoms with E-state index in [-0.39, 0.29) is 52.8 Å². The zero-order valence-electron chi connectivity index (χ0n) is 4.84. The minimum Gasteiger partial charge on any atom is -1.00 e. The van der Waals surface area contributed by atoms with Crippen LogP contribution in [0.5, 0.6) is 0 Å². The second kappa shape index (κ2) is 3.93. The molecule has 7 heavy (non-hydrogen) atoms. The fourth-order valence-corrected chi connectivity index (χ4v) is 0.275. The molecule has 0 saturated heterocycles. The minimum absolute atomic E-state index is 0. The molecular weight excluding hydrogens is 139 g/mol. The van der Waals surface area contributed by atoms with Crippen LogP contribution in [0.15, 0.2) is 10.8 Å². The van der Waals surface area contributed by atoms with Crippen LogP contribution in [-0.4, -0.2) is 10.2 Å². The summed E-state index contributed by atoms with van der Waals surface area (Å²) in [6.45, 7) is 0. The van der Waals surface area contributed by atoms with Crippen LogP contribution >= 0.6 is 12.2 Å². The molecule has 1 N–H and O–H groups in total. The van der Waals surface area contributed by atoms with Crippen LogP contribution in [0.2, 0.25) is 0 Å². The molecule has 0 spiro atoms. The first kappa shape index (κ1) is 8.00. The summed E-state index contributed by atoms with van der Waals surface area (Å²) in [6, 6.07) is 0. The number of rotatable bonds is 0. The molecule has 3 nitrogen and oxygen atoms in total. The van der Waals surface area contributed by atoms with Crippen molar-refractivity contribution in [2.45, 2.75) is 0 Å². The third-order valence-corrected chi connectivity index (χ3v) is 0.556. The third-order valence-electron chi connectivity index (χ3n) is 0.368. The Morgan fingerprint density at radius 2 is 2.71 bits per heavy atom. The molecule has 0 aliphatic carbocycles. The standard InChI is InChI=1S/C2H2N2OS.K.H/c6-2-4-3-1-5-2;;/h1H,(H,4,6);;/q;+1;-1. The van der Waals surface area contributed by atoms with E-state index in [0.29, 0.717) is 4.84 Å². The number of aromatic amines is 1. The number of H-pyrrole nitrogens is 1. The van der Waals surface area contributed by atoms with Crippen LogP contribution in [0.4, 0.5) is 0 Å². The Balaban J connectivity index is 0. The molecule has 5 heteroatoms. The van der Waals surface area contributed by atoms with Crippen molar-refractivity contribution in [3.8, 4) is 0 Å². The number of nitrogens with one attached hydrogen (secondary N) is 1. The monoisotopic (exact) mass is 142 g/mol. The van der Waals surface area contributed by atoms with Crippen molar-refractivity contribution in [2.75, 3.05) is 0 Å². The maximum atomic E-state index is 4.48. The van der Waals surface area contributed by atoms with Gasteiger partial charge in [-0.15, -0.1) is 5.10 Å². The largest absolute Gasteiger partial charge is 1.00 e. The topological polar surface area (TPSA) is 41.8 Å². The van der Waals surface area contributed by atoms with Gasteiger partial charge in [0.25, 0.3) is 4.84 Å². The smallest absolute Gasteiger partial charge is 1.00 e. The normalized spacial score (nSPS) is 7.43. The fraction of sp³-hybridized carbons (Fsp3) is 0. The van der Waals surface area contributed by atoms with Gasteiger partial charge in [0.1, 0.15) is 0 Å². The van der Waals surface area contributed by atoms with Gasteiger partial charge in [-0.25, -0.2) is 5.10 Å². The first-order chi connectivity index (χ1) is 2.89. The third kappa shape index (κ3) is 2.73. The molecule has 1 aromatic rings. The van der Waals surface area contributed by atoms with Crippen LogP contribution < -0.4 is 51.4 Å². The van der Waals surface area contributed by atoms with E-state index < -0.39 is 0 Å². The van der Waals surface area contributed by atoms with E-state index in [9.17, 15) is 0 Å². The molecule has 1 heterocycles. The van der Waals surface area contributed by atoms with Gasteiger partial charge in [0.05, 0.1) is 0 Å². The first-order valence-corrected chi connectivity index (χ1v) is 1.78. The van der Waals surface area contributed by atoms with Crippen molar-refractivity contribution >= 4 is 12.2 Å². The number of nitrogens with zero attached hydrogens (tertiary/aromatic N) is 1. The van der Waals surface area contributed by atoms with E-state index in [1.165, 1.54) is 6.39 Å². The number of hydrogen-bond acceptors (Lipinski definition) is 3. The molecule has 0 saturated carbocycles. The van der Waals surface area contributed by atoms with E-state index in [1.54, 1.807) is 0 Å². The van der Waals surface area contributed by atoms with Gasteiger partial charge in [0, 0.05) is 0 Å². The van der Waals surface area contributed by atoms with E-state index in [0.717, 1.165) is 0 Å². The van der Waals surface area contributed by atoms with E-state index >= 15 is 0 Å². The molecule has 0 aliphatic heterocycles. The Morgan fingerprint density at radius 1 is 2.00 bits per heavy atom. The molecule has 34 valence electrons. The van der Waals surface area contributed by atoms with Crippen LogP contribution in [0, 0.1) is 4.84 Å². The Hall–Kier alpha value is 0.996. The molecule has 1 rings (SSSR count). The molecule has 1 aromatic heterocycles. The summed E-state index contributed by atoms with van der Waals surface area (Å²) >= 11 is 4.46. The van der Waals surface area contributed by atoms with Crippen LogP contribution in [-0.2, 0) is 0 Å². The molecule has 0 unspecified atom stereocenters. The predicted octanol–water partition coefficient (Wildman–Crippen LogP) is -2.15. The van der Waals surface area contributed by atoms with Crippen molar-refractivity contribution in [2.24, 2.45) is 0 Å². The molecule has 0 amide bonds. The number of hydrogen-bond donors (Lipinski definition) is 1. The van der Waals surface area contributed by atoms with Crippen LogP contribution in [0.3, 0.4) is 0 Å². The summed E-state index contributed by atoms with van der Waals surface area (Å²) in [5.74, 6) is 0. The minimum atomic E-state index is 0. The maximum absolute atomic E-state index is 4.48.